The fraction of sp³-hybridized carbons (Fsp3) is 0.133. The molecule has 1 aliphatic heterocycles. The lowest BCUT2D eigenvalue weighted by Gasteiger charge is -2.18. The highest BCUT2D eigenvalue weighted by Gasteiger charge is 2.15. The molecule has 0 unspecified atom stereocenters. The molecule has 0 atom stereocenters. The minimum atomic E-state index is -0.143. The van der Waals surface area contributed by atoms with E-state index in [-0.39, 0.29) is 18.3 Å². The monoisotopic (exact) mass is 270 g/mol. The quantitative estimate of drug-likeness (QED) is 0.800. The van der Waals surface area contributed by atoms with Crippen molar-refractivity contribution in [2.24, 2.45) is 0 Å². The molecule has 0 saturated carbocycles. The van der Waals surface area contributed by atoms with Crippen LogP contribution in [0.25, 0.3) is 0 Å². The fourth-order valence-electron chi connectivity index (χ4n) is 2.06. The summed E-state index contributed by atoms with van der Waals surface area (Å²) in [5, 5.41) is 15.4. The third-order valence-electron chi connectivity index (χ3n) is 3.02. The van der Waals surface area contributed by atoms with Gasteiger partial charge in [0.15, 0.2) is 6.61 Å². The standard InChI is InChI=1S/C15H14N2O3/c18-12-3-1-2-11(7-12)16-8-10-4-5-14-13(6-10)17-15(19)9-20-14/h1-7,16,18H,8-9H2,(H,17,19). The average molecular weight is 270 g/mol. The number of nitrogens with one attached hydrogen (secondary N) is 2. The van der Waals surface area contributed by atoms with Crippen LogP contribution in [0, 0.1) is 0 Å². The van der Waals surface area contributed by atoms with Gasteiger partial charge < -0.3 is 20.5 Å². The Labute approximate surface area is 116 Å². The Morgan fingerprint density at radius 1 is 1.25 bits per heavy atom. The van der Waals surface area contributed by atoms with Gasteiger partial charge in [-0.1, -0.05) is 12.1 Å². The first-order valence-corrected chi connectivity index (χ1v) is 6.29. The number of phenols is 1. The topological polar surface area (TPSA) is 70.6 Å². The molecule has 0 fully saturated rings. The van der Waals surface area contributed by atoms with Gasteiger partial charge in [-0.05, 0) is 29.8 Å². The van der Waals surface area contributed by atoms with Crippen LogP contribution in [0.4, 0.5) is 11.4 Å². The predicted octanol–water partition coefficient (Wildman–Crippen LogP) is 2.34. The van der Waals surface area contributed by atoms with Crippen LogP contribution in [-0.4, -0.2) is 17.6 Å². The zero-order valence-corrected chi connectivity index (χ0v) is 10.7. The Morgan fingerprint density at radius 3 is 3.00 bits per heavy atom. The van der Waals surface area contributed by atoms with Crippen LogP contribution in [0.1, 0.15) is 5.56 Å². The number of aromatic hydroxyl groups is 1. The van der Waals surface area contributed by atoms with Gasteiger partial charge in [0, 0.05) is 18.3 Å². The molecule has 1 aliphatic rings. The molecular formula is C15H14N2O3. The molecule has 2 aromatic rings. The second-order valence-electron chi connectivity index (χ2n) is 4.57. The van der Waals surface area contributed by atoms with E-state index in [4.69, 9.17) is 4.74 Å². The van der Waals surface area contributed by atoms with Crippen molar-refractivity contribution in [2.75, 3.05) is 17.2 Å². The molecule has 20 heavy (non-hydrogen) atoms. The van der Waals surface area contributed by atoms with Gasteiger partial charge in [0.25, 0.3) is 5.91 Å². The highest BCUT2D eigenvalue weighted by molar-refractivity contribution is 5.95. The summed E-state index contributed by atoms with van der Waals surface area (Å²) < 4.78 is 5.30. The van der Waals surface area contributed by atoms with Crippen LogP contribution in [0.5, 0.6) is 11.5 Å². The molecule has 0 aliphatic carbocycles. The van der Waals surface area contributed by atoms with Crippen molar-refractivity contribution in [3.8, 4) is 11.5 Å². The van der Waals surface area contributed by atoms with Crippen molar-refractivity contribution in [3.05, 3.63) is 48.0 Å². The molecule has 2 aromatic carbocycles. The van der Waals surface area contributed by atoms with Crippen molar-refractivity contribution in [3.63, 3.8) is 0 Å². The van der Waals surface area contributed by atoms with Crippen molar-refractivity contribution in [2.45, 2.75) is 6.54 Å². The van der Waals surface area contributed by atoms with Crippen molar-refractivity contribution >= 4 is 17.3 Å². The molecule has 5 heteroatoms. The number of hydrogen-bond acceptors (Lipinski definition) is 4. The van der Waals surface area contributed by atoms with Crippen LogP contribution >= 0.6 is 0 Å². The SMILES string of the molecule is O=C1COc2ccc(CNc3cccc(O)c3)cc2N1. The second kappa shape index (κ2) is 5.13. The molecule has 1 heterocycles. The zero-order chi connectivity index (χ0) is 13.9. The summed E-state index contributed by atoms with van der Waals surface area (Å²) in [7, 11) is 0. The van der Waals surface area contributed by atoms with E-state index in [9.17, 15) is 9.90 Å². The lowest BCUT2D eigenvalue weighted by molar-refractivity contribution is -0.118. The Kier molecular flexibility index (Phi) is 3.16. The number of phenolic OH excluding ortho intramolecular Hbond substituents is 1. The molecule has 0 spiro atoms. The Morgan fingerprint density at radius 2 is 2.15 bits per heavy atom. The third kappa shape index (κ3) is 2.66. The summed E-state index contributed by atoms with van der Waals surface area (Å²) in [5.41, 5.74) is 2.54. The number of benzene rings is 2. The Hall–Kier alpha value is -2.69. The summed E-state index contributed by atoms with van der Waals surface area (Å²) in [6, 6.07) is 12.6. The number of fused-ring (bicyclic) bond motifs is 1. The summed E-state index contributed by atoms with van der Waals surface area (Å²) in [6.07, 6.45) is 0. The van der Waals surface area contributed by atoms with Gasteiger partial charge in [-0.15, -0.1) is 0 Å². The van der Waals surface area contributed by atoms with Crippen LogP contribution in [0.3, 0.4) is 0 Å². The zero-order valence-electron chi connectivity index (χ0n) is 10.7. The van der Waals surface area contributed by atoms with Crippen molar-refractivity contribution < 1.29 is 14.6 Å². The maximum absolute atomic E-state index is 11.3. The van der Waals surface area contributed by atoms with Crippen LogP contribution in [0.15, 0.2) is 42.5 Å². The van der Waals surface area contributed by atoms with Gasteiger partial charge in [0.05, 0.1) is 5.69 Å². The predicted molar refractivity (Wildman–Crippen MR) is 76.0 cm³/mol. The van der Waals surface area contributed by atoms with Gasteiger partial charge in [-0.3, -0.25) is 4.79 Å². The molecule has 3 rings (SSSR count). The van der Waals surface area contributed by atoms with Gasteiger partial charge in [-0.2, -0.15) is 0 Å². The summed E-state index contributed by atoms with van der Waals surface area (Å²) in [4.78, 5) is 11.3. The number of rotatable bonds is 3. The highest BCUT2D eigenvalue weighted by Crippen LogP contribution is 2.28. The van der Waals surface area contributed by atoms with Crippen molar-refractivity contribution in [1.82, 2.24) is 0 Å². The first-order valence-electron chi connectivity index (χ1n) is 6.29. The maximum Gasteiger partial charge on any atom is 0.262 e. The molecule has 0 radical (unpaired) electrons. The first-order chi connectivity index (χ1) is 9.70. The van der Waals surface area contributed by atoms with E-state index in [1.165, 1.54) is 0 Å². The summed E-state index contributed by atoms with van der Waals surface area (Å²) in [6.45, 7) is 0.653. The highest BCUT2D eigenvalue weighted by atomic mass is 16.5. The number of carbonyl (C=O) groups is 1. The Bertz CT molecular complexity index is 655. The van der Waals surface area contributed by atoms with E-state index >= 15 is 0 Å². The smallest absolute Gasteiger partial charge is 0.262 e. The fourth-order valence-corrected chi connectivity index (χ4v) is 2.06. The number of ether oxygens (including phenoxy) is 1. The second-order valence-corrected chi connectivity index (χ2v) is 4.57. The number of hydrogen-bond donors (Lipinski definition) is 3. The van der Waals surface area contributed by atoms with Gasteiger partial charge in [-0.25, -0.2) is 0 Å². The number of amides is 1. The first kappa shape index (κ1) is 12.3. The van der Waals surface area contributed by atoms with Crippen LogP contribution < -0.4 is 15.4 Å². The molecule has 102 valence electrons. The van der Waals surface area contributed by atoms with Crippen LogP contribution in [-0.2, 0) is 11.3 Å². The van der Waals surface area contributed by atoms with E-state index in [0.717, 1.165) is 11.3 Å². The Balaban J connectivity index is 1.72. The normalized spacial score (nSPS) is 13.1. The molecular weight excluding hydrogens is 256 g/mol. The van der Waals surface area contributed by atoms with E-state index < -0.39 is 0 Å². The average Bonchev–Trinajstić information content (AvgIpc) is 2.45. The molecule has 1 amide bonds. The van der Waals surface area contributed by atoms with E-state index in [0.29, 0.717) is 18.0 Å². The third-order valence-corrected chi connectivity index (χ3v) is 3.02. The minimum Gasteiger partial charge on any atom is -0.508 e. The summed E-state index contributed by atoms with van der Waals surface area (Å²) >= 11 is 0. The number of anilines is 2. The van der Waals surface area contributed by atoms with Gasteiger partial charge in [0.2, 0.25) is 0 Å². The molecule has 0 aromatic heterocycles. The molecule has 0 saturated heterocycles. The van der Waals surface area contributed by atoms with Gasteiger partial charge >= 0.3 is 0 Å². The lowest BCUT2D eigenvalue weighted by atomic mass is 10.1. The molecule has 0 bridgehead atoms. The minimum absolute atomic E-state index is 0.0634. The van der Waals surface area contributed by atoms with Gasteiger partial charge in [0.1, 0.15) is 11.5 Å². The van der Waals surface area contributed by atoms with Crippen LogP contribution in [0.2, 0.25) is 0 Å². The molecule has 3 N–H and O–H groups in total. The van der Waals surface area contributed by atoms with E-state index in [2.05, 4.69) is 10.6 Å². The lowest BCUT2D eigenvalue weighted by Crippen LogP contribution is -2.25. The summed E-state index contributed by atoms with van der Waals surface area (Å²) in [5.74, 6) is 0.766. The van der Waals surface area contributed by atoms with Crippen molar-refractivity contribution in [1.29, 1.82) is 0 Å². The number of carbonyl (C=O) groups excluding carboxylic acids is 1. The maximum atomic E-state index is 11.3. The van der Waals surface area contributed by atoms with E-state index in [1.54, 1.807) is 18.2 Å². The molecule has 5 nitrogen and oxygen atoms in total. The van der Waals surface area contributed by atoms with E-state index in [1.807, 2.05) is 24.3 Å². The largest absolute Gasteiger partial charge is 0.508 e.